The van der Waals surface area contributed by atoms with E-state index in [9.17, 15) is 53.8 Å². The van der Waals surface area contributed by atoms with E-state index in [1.807, 2.05) is 22.6 Å². The first-order valence-electron chi connectivity index (χ1n) is 18.3. The molecule has 0 aliphatic heterocycles. The van der Waals surface area contributed by atoms with Crippen LogP contribution in [0.4, 0.5) is 64.0 Å². The summed E-state index contributed by atoms with van der Waals surface area (Å²) in [5.41, 5.74) is -2.75. The Morgan fingerprint density at radius 3 is 2.19 bits per heavy atom. The molecule has 4 aromatic carbocycles. The van der Waals surface area contributed by atoms with Crippen molar-refractivity contribution in [1.82, 2.24) is 10.3 Å². The number of anilines is 5. The van der Waals surface area contributed by atoms with Crippen molar-refractivity contribution in [2.24, 2.45) is 0 Å². The maximum atomic E-state index is 14.7. The van der Waals surface area contributed by atoms with Gasteiger partial charge < -0.3 is 41.0 Å². The number of urea groups is 1. The number of aliphatic hydroxyl groups excluding tert-OH is 2. The van der Waals surface area contributed by atoms with Crippen molar-refractivity contribution in [1.29, 1.82) is 0 Å². The fourth-order valence-corrected chi connectivity index (χ4v) is 8.21. The topological polar surface area (TPSA) is 200 Å². The van der Waals surface area contributed by atoms with Crippen molar-refractivity contribution in [3.63, 3.8) is 0 Å². The fourth-order valence-electron chi connectivity index (χ4n) is 5.80. The van der Waals surface area contributed by atoms with Crippen molar-refractivity contribution in [2.75, 3.05) is 41.4 Å². The van der Waals surface area contributed by atoms with Gasteiger partial charge in [0.25, 0.3) is 5.91 Å². The minimum atomic E-state index is -4.71. The SMILES string of the molecule is CNC(=O)c1cc(Oc2ccc(NC(=O)Nc3ccc(Cl)c(C(F)(F)F)c3)c(F)c2)ccn1.COc1cc(F)c(F)c(Nc2ccc(I)cc2F)c1NS(=O)(=O)C1(C[C@H](O)CO)CC1. The van der Waals surface area contributed by atoms with E-state index >= 15 is 0 Å². The highest BCUT2D eigenvalue weighted by molar-refractivity contribution is 14.1. The number of nitrogens with one attached hydrogen (secondary N) is 5. The number of methoxy groups -OCH3 is 1. The number of halogens is 9. The number of carbonyl (C=O) groups is 2. The molecule has 3 amide bonds. The minimum absolute atomic E-state index is 0.0695. The van der Waals surface area contributed by atoms with Gasteiger partial charge in [-0.1, -0.05) is 11.6 Å². The van der Waals surface area contributed by atoms with Crippen LogP contribution in [0.25, 0.3) is 0 Å². The quantitative estimate of drug-likeness (QED) is 0.0416. The number of carbonyl (C=O) groups excluding carboxylic acids is 2. The van der Waals surface area contributed by atoms with Crippen LogP contribution in [0.1, 0.15) is 35.3 Å². The summed E-state index contributed by atoms with van der Waals surface area (Å²) in [6.45, 7) is -0.620. The van der Waals surface area contributed by atoms with E-state index in [4.69, 9.17) is 26.2 Å². The van der Waals surface area contributed by atoms with Crippen LogP contribution in [-0.4, -0.2) is 67.2 Å². The number of aromatic nitrogens is 1. The molecular weight excluding hydrogens is 1020 g/mol. The number of hydrogen-bond acceptors (Lipinski definition) is 10. The first-order chi connectivity index (χ1) is 30.1. The van der Waals surface area contributed by atoms with Gasteiger partial charge in [-0.2, -0.15) is 13.2 Å². The van der Waals surface area contributed by atoms with Crippen LogP contribution in [0, 0.1) is 26.8 Å². The van der Waals surface area contributed by atoms with Crippen molar-refractivity contribution in [3.05, 3.63) is 122 Å². The average Bonchev–Trinajstić information content (AvgIpc) is 4.03. The molecule has 342 valence electrons. The summed E-state index contributed by atoms with van der Waals surface area (Å²) in [6.07, 6.45) is -4.44. The molecule has 7 N–H and O–H groups in total. The molecule has 5 aromatic rings. The molecule has 0 spiro atoms. The Bertz CT molecular complexity index is 2660. The zero-order valence-corrected chi connectivity index (χ0v) is 36.7. The number of hydrogen-bond donors (Lipinski definition) is 7. The van der Waals surface area contributed by atoms with Gasteiger partial charge in [-0.25, -0.2) is 30.8 Å². The van der Waals surface area contributed by atoms with Gasteiger partial charge in [0.1, 0.15) is 46.0 Å². The highest BCUT2D eigenvalue weighted by atomic mass is 127. The zero-order chi connectivity index (χ0) is 47.1. The number of rotatable bonds is 14. The van der Waals surface area contributed by atoms with Gasteiger partial charge >= 0.3 is 12.2 Å². The standard InChI is InChI=1S/C21H15ClF4N4O3.C19H20F3IN2O5S/c1-27-19(31)18-10-13(6-7-28-18)33-12-3-5-17(16(23)9-12)30-20(32)29-11-2-4-15(22)14(8-11)21(24,25)26;1-30-15-7-13(21)16(22)18(24-14-3-2-10(23)6-12(14)20)17(15)25-31(28,29)19(4-5-19)8-11(27)9-26/h2-10H,1H3,(H,27,31)(H2,29,30,32);2-3,6-7,11,24-27H,4-5,8-9H2,1H3/t;11-/m.0/s1. The number of sulfonamides is 1. The molecule has 0 unspecified atom stereocenters. The van der Waals surface area contributed by atoms with Crippen molar-refractivity contribution in [2.45, 2.75) is 36.3 Å². The van der Waals surface area contributed by atoms with E-state index < -0.39 is 90.8 Å². The van der Waals surface area contributed by atoms with E-state index in [0.717, 1.165) is 25.3 Å². The lowest BCUT2D eigenvalue weighted by atomic mass is 10.2. The van der Waals surface area contributed by atoms with Crippen molar-refractivity contribution in [3.8, 4) is 17.2 Å². The van der Waals surface area contributed by atoms with Gasteiger partial charge in [0, 0.05) is 40.7 Å². The molecular formula is C40H35ClF7IN6O8S. The van der Waals surface area contributed by atoms with E-state index in [1.165, 1.54) is 55.7 Å². The maximum Gasteiger partial charge on any atom is 0.417 e. The summed E-state index contributed by atoms with van der Waals surface area (Å²) in [4.78, 5) is 27.6. The van der Waals surface area contributed by atoms with E-state index in [0.29, 0.717) is 15.7 Å². The number of benzene rings is 4. The largest absolute Gasteiger partial charge is 0.494 e. The third-order valence-corrected chi connectivity index (χ3v) is 12.4. The molecule has 0 bridgehead atoms. The van der Waals surface area contributed by atoms with E-state index in [2.05, 4.69) is 31.0 Å². The summed E-state index contributed by atoms with van der Waals surface area (Å²) >= 11 is 7.42. The molecule has 1 aliphatic carbocycles. The second kappa shape index (κ2) is 20.5. The molecule has 6 rings (SSSR count). The maximum absolute atomic E-state index is 14.7. The Kier molecular flexibility index (Phi) is 15.8. The van der Waals surface area contributed by atoms with Gasteiger partial charge in [-0.15, -0.1) is 0 Å². The van der Waals surface area contributed by atoms with Crippen LogP contribution < -0.4 is 35.5 Å². The summed E-state index contributed by atoms with van der Waals surface area (Å²) in [6, 6.07) is 12.9. The summed E-state index contributed by atoms with van der Waals surface area (Å²) < 4.78 is 134. The van der Waals surface area contributed by atoms with E-state index in [-0.39, 0.29) is 59.3 Å². The normalized spacial score (nSPS) is 13.4. The summed E-state index contributed by atoms with van der Waals surface area (Å²) in [5.74, 6) is -4.84. The van der Waals surface area contributed by atoms with Crippen LogP contribution in [0.2, 0.25) is 5.02 Å². The highest BCUT2D eigenvalue weighted by Gasteiger charge is 2.56. The number of nitrogens with zero attached hydrogens (tertiary/aromatic N) is 1. The first kappa shape index (κ1) is 49.4. The summed E-state index contributed by atoms with van der Waals surface area (Å²) in [5, 5.41) is 27.5. The minimum Gasteiger partial charge on any atom is -0.494 e. The van der Waals surface area contributed by atoms with Gasteiger partial charge in [-0.3, -0.25) is 14.5 Å². The first-order valence-corrected chi connectivity index (χ1v) is 21.2. The molecule has 0 saturated heterocycles. The predicted octanol–water partition coefficient (Wildman–Crippen LogP) is 9.17. The van der Waals surface area contributed by atoms with Crippen LogP contribution in [0.3, 0.4) is 0 Å². The molecule has 1 aromatic heterocycles. The van der Waals surface area contributed by atoms with Gasteiger partial charge in [0.2, 0.25) is 10.0 Å². The molecule has 0 radical (unpaired) electrons. The lowest BCUT2D eigenvalue weighted by molar-refractivity contribution is -0.137. The number of amides is 3. The summed E-state index contributed by atoms with van der Waals surface area (Å²) in [7, 11) is -1.64. The van der Waals surface area contributed by atoms with Crippen molar-refractivity contribution >= 4 is 84.6 Å². The molecule has 1 saturated carbocycles. The van der Waals surface area contributed by atoms with Crippen LogP contribution in [0.5, 0.6) is 17.2 Å². The second-order valence-corrected chi connectivity index (χ2v) is 17.4. The number of aliphatic hydroxyl groups is 2. The van der Waals surface area contributed by atoms with Gasteiger partial charge in [-0.05, 0) is 96.5 Å². The molecule has 1 atom stereocenters. The molecule has 1 fully saturated rings. The Morgan fingerprint density at radius 1 is 0.906 bits per heavy atom. The molecule has 64 heavy (non-hydrogen) atoms. The number of alkyl halides is 3. The second-order valence-electron chi connectivity index (χ2n) is 13.7. The predicted molar refractivity (Wildman–Crippen MR) is 231 cm³/mol. The monoisotopic (exact) mass is 1050 g/mol. The number of ether oxygens (including phenoxy) is 2. The Labute approximate surface area is 378 Å². The van der Waals surface area contributed by atoms with E-state index in [1.54, 1.807) is 0 Å². The molecule has 1 aliphatic rings. The average molecular weight is 1060 g/mol. The van der Waals surface area contributed by atoms with Crippen LogP contribution in [0.15, 0.2) is 79.0 Å². The fraction of sp³-hybridized carbons (Fsp3) is 0.225. The number of pyridine rings is 1. The van der Waals surface area contributed by atoms with Crippen LogP contribution in [-0.2, 0) is 16.2 Å². The lowest BCUT2D eigenvalue weighted by Gasteiger charge is -2.23. The molecule has 14 nitrogen and oxygen atoms in total. The third kappa shape index (κ3) is 12.1. The lowest BCUT2D eigenvalue weighted by Crippen LogP contribution is -2.34. The van der Waals surface area contributed by atoms with Crippen LogP contribution >= 0.6 is 34.2 Å². The smallest absolute Gasteiger partial charge is 0.417 e. The van der Waals surface area contributed by atoms with Gasteiger partial charge in [0.05, 0.1) is 46.5 Å². The Hall–Kier alpha value is -5.63. The Balaban J connectivity index is 0.000000241. The van der Waals surface area contributed by atoms with Gasteiger partial charge in [0.15, 0.2) is 11.6 Å². The van der Waals surface area contributed by atoms with Crippen molar-refractivity contribution < 1.29 is 68.4 Å². The third-order valence-electron chi connectivity index (χ3n) is 9.17. The highest BCUT2D eigenvalue weighted by Crippen LogP contribution is 2.50. The zero-order valence-electron chi connectivity index (χ0n) is 33.0. The molecule has 1 heterocycles. The Morgan fingerprint density at radius 2 is 1.58 bits per heavy atom. The molecule has 24 heteroatoms.